The summed E-state index contributed by atoms with van der Waals surface area (Å²) in [7, 11) is 0. The molecule has 0 atom stereocenters. The van der Waals surface area contributed by atoms with Crippen molar-refractivity contribution < 1.29 is 0 Å². The normalized spacial score (nSPS) is 10.8. The van der Waals surface area contributed by atoms with E-state index in [4.69, 9.17) is 5.73 Å². The van der Waals surface area contributed by atoms with Gasteiger partial charge in [0.25, 0.3) is 0 Å². The van der Waals surface area contributed by atoms with Crippen LogP contribution in [0.5, 0.6) is 0 Å². The second-order valence-corrected chi connectivity index (χ2v) is 3.45. The first-order valence-corrected chi connectivity index (χ1v) is 5.42. The third-order valence-electron chi connectivity index (χ3n) is 2.11. The number of anilines is 1. The summed E-state index contributed by atoms with van der Waals surface area (Å²) < 4.78 is 0. The summed E-state index contributed by atoms with van der Waals surface area (Å²) >= 11 is 0. The van der Waals surface area contributed by atoms with Crippen molar-refractivity contribution in [3.63, 3.8) is 0 Å². The van der Waals surface area contributed by atoms with Gasteiger partial charge in [-0.05, 0) is 30.5 Å². The van der Waals surface area contributed by atoms with Crippen molar-refractivity contribution in [1.29, 1.82) is 0 Å². The Hall–Kier alpha value is -0.780. The van der Waals surface area contributed by atoms with Crippen LogP contribution < -0.4 is 11.1 Å². The van der Waals surface area contributed by atoms with Gasteiger partial charge in [0.15, 0.2) is 5.96 Å². The van der Waals surface area contributed by atoms with Crippen LogP contribution in [-0.4, -0.2) is 12.5 Å². The number of hydrogen-bond acceptors (Lipinski definition) is 1. The molecule has 0 aromatic heterocycles. The number of aliphatic imine (C=N–C) groups is 1. The van der Waals surface area contributed by atoms with E-state index in [1.807, 2.05) is 12.1 Å². The van der Waals surface area contributed by atoms with Crippen LogP contribution in [0.15, 0.2) is 29.3 Å². The molecule has 16 heavy (non-hydrogen) atoms. The Labute approximate surface area is 115 Å². The van der Waals surface area contributed by atoms with Crippen LogP contribution in [0.1, 0.15) is 25.8 Å². The van der Waals surface area contributed by atoms with E-state index in [-0.39, 0.29) is 24.0 Å². The SMILES string of the molecule is CCCN=C(N)Nc1cccc(CC)c1.I. The van der Waals surface area contributed by atoms with Crippen LogP contribution in [0.25, 0.3) is 0 Å². The molecule has 0 saturated heterocycles. The molecule has 0 heterocycles. The third kappa shape index (κ3) is 5.34. The molecule has 90 valence electrons. The average Bonchev–Trinajstić information content (AvgIpc) is 2.26. The van der Waals surface area contributed by atoms with E-state index in [1.165, 1.54) is 5.56 Å². The van der Waals surface area contributed by atoms with Crippen molar-refractivity contribution in [1.82, 2.24) is 0 Å². The van der Waals surface area contributed by atoms with Gasteiger partial charge in [-0.2, -0.15) is 0 Å². The Morgan fingerprint density at radius 2 is 2.12 bits per heavy atom. The average molecular weight is 333 g/mol. The van der Waals surface area contributed by atoms with Crippen LogP contribution in [0, 0.1) is 0 Å². The highest BCUT2D eigenvalue weighted by atomic mass is 127. The van der Waals surface area contributed by atoms with E-state index < -0.39 is 0 Å². The minimum atomic E-state index is 0. The van der Waals surface area contributed by atoms with Gasteiger partial charge < -0.3 is 11.1 Å². The highest BCUT2D eigenvalue weighted by Crippen LogP contribution is 2.10. The molecule has 0 aliphatic heterocycles. The summed E-state index contributed by atoms with van der Waals surface area (Å²) in [6.07, 6.45) is 2.04. The molecule has 0 fully saturated rings. The molecule has 1 rings (SSSR count). The quantitative estimate of drug-likeness (QED) is 0.506. The summed E-state index contributed by atoms with van der Waals surface area (Å²) in [5.74, 6) is 0.491. The van der Waals surface area contributed by atoms with Crippen LogP contribution >= 0.6 is 24.0 Å². The van der Waals surface area contributed by atoms with Gasteiger partial charge in [-0.1, -0.05) is 26.0 Å². The van der Waals surface area contributed by atoms with Gasteiger partial charge in [-0.25, -0.2) is 0 Å². The van der Waals surface area contributed by atoms with Crippen molar-refractivity contribution in [2.75, 3.05) is 11.9 Å². The van der Waals surface area contributed by atoms with Gasteiger partial charge in [0.2, 0.25) is 0 Å². The van der Waals surface area contributed by atoms with Crippen molar-refractivity contribution in [2.24, 2.45) is 10.7 Å². The largest absolute Gasteiger partial charge is 0.370 e. The second-order valence-electron chi connectivity index (χ2n) is 3.45. The molecule has 0 aliphatic carbocycles. The van der Waals surface area contributed by atoms with Gasteiger partial charge in [-0.15, -0.1) is 24.0 Å². The van der Waals surface area contributed by atoms with Crippen LogP contribution in [-0.2, 0) is 6.42 Å². The fourth-order valence-corrected chi connectivity index (χ4v) is 1.29. The topological polar surface area (TPSA) is 50.4 Å². The van der Waals surface area contributed by atoms with Crippen molar-refractivity contribution in [3.05, 3.63) is 29.8 Å². The molecule has 0 bridgehead atoms. The number of guanidine groups is 1. The number of halogens is 1. The lowest BCUT2D eigenvalue weighted by atomic mass is 10.1. The van der Waals surface area contributed by atoms with Gasteiger partial charge in [0, 0.05) is 12.2 Å². The molecule has 3 N–H and O–H groups in total. The van der Waals surface area contributed by atoms with Crippen molar-refractivity contribution in [3.8, 4) is 0 Å². The maximum absolute atomic E-state index is 5.72. The molecule has 0 aliphatic rings. The molecule has 0 saturated carbocycles. The van der Waals surface area contributed by atoms with Gasteiger partial charge in [0.1, 0.15) is 0 Å². The fourth-order valence-electron chi connectivity index (χ4n) is 1.29. The lowest BCUT2D eigenvalue weighted by molar-refractivity contribution is 0.929. The Bertz CT molecular complexity index is 337. The van der Waals surface area contributed by atoms with E-state index in [0.29, 0.717) is 5.96 Å². The highest BCUT2D eigenvalue weighted by Gasteiger charge is 1.95. The second kappa shape index (κ2) is 8.38. The maximum Gasteiger partial charge on any atom is 0.193 e. The predicted molar refractivity (Wildman–Crippen MR) is 81.6 cm³/mol. The van der Waals surface area contributed by atoms with Gasteiger partial charge >= 0.3 is 0 Å². The minimum Gasteiger partial charge on any atom is -0.370 e. The first-order valence-electron chi connectivity index (χ1n) is 5.42. The predicted octanol–water partition coefficient (Wildman–Crippen LogP) is 3.00. The Morgan fingerprint density at radius 1 is 1.38 bits per heavy atom. The molecule has 0 radical (unpaired) electrons. The summed E-state index contributed by atoms with van der Waals surface area (Å²) in [6, 6.07) is 8.21. The molecular formula is C12H20IN3. The molecule has 0 amide bonds. The maximum atomic E-state index is 5.72. The Kier molecular flexibility index (Phi) is 7.97. The molecule has 1 aromatic carbocycles. The molecule has 3 nitrogen and oxygen atoms in total. The number of nitrogens with one attached hydrogen (secondary N) is 1. The number of benzene rings is 1. The zero-order valence-corrected chi connectivity index (χ0v) is 12.2. The number of nitrogens with zero attached hydrogens (tertiary/aromatic N) is 1. The first-order chi connectivity index (χ1) is 7.26. The minimum absolute atomic E-state index is 0. The lowest BCUT2D eigenvalue weighted by Gasteiger charge is -2.06. The Balaban J connectivity index is 0.00000225. The summed E-state index contributed by atoms with van der Waals surface area (Å²) in [6.45, 7) is 4.98. The standard InChI is InChI=1S/C12H19N3.HI/c1-3-8-14-12(13)15-11-7-5-6-10(4-2)9-11;/h5-7,9H,3-4,8H2,1-2H3,(H3,13,14,15);1H. The molecule has 0 unspecified atom stereocenters. The third-order valence-corrected chi connectivity index (χ3v) is 2.11. The highest BCUT2D eigenvalue weighted by molar-refractivity contribution is 14.0. The van der Waals surface area contributed by atoms with Gasteiger partial charge in [-0.3, -0.25) is 4.99 Å². The summed E-state index contributed by atoms with van der Waals surface area (Å²) in [5.41, 5.74) is 8.02. The Morgan fingerprint density at radius 3 is 2.75 bits per heavy atom. The van der Waals surface area contributed by atoms with E-state index >= 15 is 0 Å². The molecular weight excluding hydrogens is 313 g/mol. The van der Waals surface area contributed by atoms with Crippen LogP contribution in [0.2, 0.25) is 0 Å². The monoisotopic (exact) mass is 333 g/mol. The number of rotatable bonds is 4. The van der Waals surface area contributed by atoms with Crippen molar-refractivity contribution >= 4 is 35.6 Å². The number of aryl methyl sites for hydroxylation is 1. The smallest absolute Gasteiger partial charge is 0.193 e. The fraction of sp³-hybridized carbons (Fsp3) is 0.417. The number of hydrogen-bond donors (Lipinski definition) is 2. The molecule has 0 spiro atoms. The molecule has 4 heteroatoms. The van der Waals surface area contributed by atoms with E-state index in [1.54, 1.807) is 0 Å². The van der Waals surface area contributed by atoms with Crippen molar-refractivity contribution in [2.45, 2.75) is 26.7 Å². The summed E-state index contributed by atoms with van der Waals surface area (Å²) in [4.78, 5) is 4.18. The molecule has 1 aromatic rings. The lowest BCUT2D eigenvalue weighted by Crippen LogP contribution is -2.22. The number of nitrogens with two attached hydrogens (primary N) is 1. The van der Waals surface area contributed by atoms with Crippen LogP contribution in [0.3, 0.4) is 0 Å². The first kappa shape index (κ1) is 15.2. The van der Waals surface area contributed by atoms with E-state index in [0.717, 1.165) is 25.1 Å². The van der Waals surface area contributed by atoms with E-state index in [2.05, 4.69) is 36.3 Å². The van der Waals surface area contributed by atoms with E-state index in [9.17, 15) is 0 Å². The van der Waals surface area contributed by atoms with Gasteiger partial charge in [0.05, 0.1) is 0 Å². The zero-order valence-electron chi connectivity index (χ0n) is 9.86. The van der Waals surface area contributed by atoms with Crippen LogP contribution in [0.4, 0.5) is 5.69 Å². The zero-order chi connectivity index (χ0) is 11.1. The summed E-state index contributed by atoms with van der Waals surface area (Å²) in [5, 5.41) is 3.08.